The minimum Gasteiger partial charge on any atom is -0.497 e. The van der Waals surface area contributed by atoms with Gasteiger partial charge in [-0.05, 0) is 47.8 Å². The number of hydrogen-bond donors (Lipinski definition) is 0. The predicted octanol–water partition coefficient (Wildman–Crippen LogP) is 3.98. The molecule has 2 nitrogen and oxygen atoms in total. The van der Waals surface area contributed by atoms with E-state index in [9.17, 15) is 0 Å². The van der Waals surface area contributed by atoms with E-state index in [4.69, 9.17) is 9.16 Å². The number of ether oxygens (including phenoxy) is 1. The topological polar surface area (TPSA) is 20.5 Å². The van der Waals surface area contributed by atoms with Gasteiger partial charge in [-0.2, -0.15) is 0 Å². The van der Waals surface area contributed by atoms with Crippen molar-refractivity contribution < 1.29 is 9.16 Å². The molecular formula is C18H21O2+. The van der Waals surface area contributed by atoms with Crippen molar-refractivity contribution in [3.05, 3.63) is 65.8 Å². The maximum absolute atomic E-state index is 5.18. The number of carbonyl (C=O) groups excluding carboxylic acids is 1. The normalized spacial score (nSPS) is 15.2. The molecule has 2 heteroatoms. The summed E-state index contributed by atoms with van der Waals surface area (Å²) in [7, 11) is 3.38. The summed E-state index contributed by atoms with van der Waals surface area (Å²) in [5.41, 5.74) is 2.56. The van der Waals surface area contributed by atoms with E-state index in [-0.39, 0.29) is 0 Å². The van der Waals surface area contributed by atoms with Crippen molar-refractivity contribution in [3.8, 4) is 5.75 Å². The van der Waals surface area contributed by atoms with Gasteiger partial charge in [0.1, 0.15) is 5.75 Å². The van der Waals surface area contributed by atoms with Gasteiger partial charge in [-0.15, -0.1) is 0 Å². The van der Waals surface area contributed by atoms with Gasteiger partial charge >= 0.3 is 5.78 Å². The van der Waals surface area contributed by atoms with Gasteiger partial charge in [0.15, 0.2) is 0 Å². The molecule has 0 aromatic heterocycles. The Morgan fingerprint density at radius 2 is 1.75 bits per heavy atom. The molecule has 2 rings (SSSR count). The van der Waals surface area contributed by atoms with Crippen LogP contribution in [-0.2, 0) is 4.42 Å². The maximum atomic E-state index is 5.18. The first-order chi connectivity index (χ1) is 9.72. The number of benzene rings is 1. The van der Waals surface area contributed by atoms with Crippen molar-refractivity contribution >= 4 is 5.78 Å². The van der Waals surface area contributed by atoms with E-state index >= 15 is 0 Å². The first-order valence-corrected chi connectivity index (χ1v) is 6.84. The highest BCUT2D eigenvalue weighted by molar-refractivity contribution is 6.01. The second-order valence-corrected chi connectivity index (χ2v) is 4.89. The molecule has 0 fully saturated rings. The highest BCUT2D eigenvalue weighted by atomic mass is 16.5. The minimum atomic E-state index is 0.489. The van der Waals surface area contributed by atoms with Crippen LogP contribution in [0, 0.1) is 0 Å². The van der Waals surface area contributed by atoms with Crippen LogP contribution in [0.25, 0.3) is 0 Å². The molecule has 0 heterocycles. The Labute approximate surface area is 120 Å². The largest absolute Gasteiger partial charge is 0.497 e. The Balaban J connectivity index is 1.98. The molecule has 1 aliphatic rings. The van der Waals surface area contributed by atoms with Crippen LogP contribution in [-0.4, -0.2) is 20.0 Å². The second kappa shape index (κ2) is 6.90. The summed E-state index contributed by atoms with van der Waals surface area (Å²) in [5.74, 6) is 2.29. The lowest BCUT2D eigenvalue weighted by atomic mass is 9.96. The quantitative estimate of drug-likeness (QED) is 0.757. The van der Waals surface area contributed by atoms with Crippen LogP contribution >= 0.6 is 0 Å². The summed E-state index contributed by atoms with van der Waals surface area (Å²) in [4.78, 5) is 0. The van der Waals surface area contributed by atoms with Crippen LogP contribution in [0.5, 0.6) is 5.75 Å². The van der Waals surface area contributed by atoms with Crippen molar-refractivity contribution in [1.29, 1.82) is 0 Å². The first kappa shape index (κ1) is 14.3. The van der Waals surface area contributed by atoms with Crippen LogP contribution in [0.15, 0.2) is 60.2 Å². The van der Waals surface area contributed by atoms with Gasteiger partial charge in [0.05, 0.1) is 7.11 Å². The molecule has 0 N–H and O–H groups in total. The highest BCUT2D eigenvalue weighted by Crippen LogP contribution is 2.23. The molecule has 0 radical (unpaired) electrons. The van der Waals surface area contributed by atoms with Crippen LogP contribution in [0.2, 0.25) is 0 Å². The number of rotatable bonds is 4. The van der Waals surface area contributed by atoms with Crippen molar-refractivity contribution in [2.45, 2.75) is 19.3 Å². The lowest BCUT2D eigenvalue weighted by Gasteiger charge is -2.10. The number of methoxy groups -OCH3 is 1. The maximum Gasteiger partial charge on any atom is 0.343 e. The summed E-state index contributed by atoms with van der Waals surface area (Å²) >= 11 is 0. The molecular weight excluding hydrogens is 248 g/mol. The van der Waals surface area contributed by atoms with E-state index in [1.165, 1.54) is 11.1 Å². The summed E-state index contributed by atoms with van der Waals surface area (Å²) in [6.07, 6.45) is 11.4. The highest BCUT2D eigenvalue weighted by Gasteiger charge is 2.07. The van der Waals surface area contributed by atoms with Gasteiger partial charge in [0.2, 0.25) is 0 Å². The summed E-state index contributed by atoms with van der Waals surface area (Å²) in [6, 6.07) is 8.29. The molecule has 1 aromatic carbocycles. The van der Waals surface area contributed by atoms with Gasteiger partial charge in [-0.1, -0.05) is 25.1 Å². The Hall–Kier alpha value is -2.09. The SMILES string of the molecule is COc1ccc(C(C)CC=C2C=CC(=[O+]C)C=C2)cc1. The molecule has 0 saturated heterocycles. The molecule has 0 amide bonds. The van der Waals surface area contributed by atoms with E-state index < -0.39 is 0 Å². The predicted molar refractivity (Wildman–Crippen MR) is 83.3 cm³/mol. The lowest BCUT2D eigenvalue weighted by molar-refractivity contribution is -0.417. The molecule has 1 aliphatic carbocycles. The zero-order valence-electron chi connectivity index (χ0n) is 12.3. The van der Waals surface area contributed by atoms with Crippen molar-refractivity contribution in [3.63, 3.8) is 0 Å². The van der Waals surface area contributed by atoms with Gasteiger partial charge in [-0.25, -0.2) is 0 Å². The molecule has 0 saturated carbocycles. The zero-order chi connectivity index (χ0) is 14.4. The van der Waals surface area contributed by atoms with Crippen LogP contribution in [0.3, 0.4) is 0 Å². The Morgan fingerprint density at radius 3 is 2.30 bits per heavy atom. The Kier molecular flexibility index (Phi) is 4.94. The van der Waals surface area contributed by atoms with Crippen LogP contribution < -0.4 is 4.74 Å². The van der Waals surface area contributed by atoms with Crippen LogP contribution in [0.1, 0.15) is 24.8 Å². The van der Waals surface area contributed by atoms with Gasteiger partial charge < -0.3 is 4.74 Å². The Bertz CT molecular complexity index is 542. The third-order valence-corrected chi connectivity index (χ3v) is 3.51. The molecule has 0 aliphatic heterocycles. The first-order valence-electron chi connectivity index (χ1n) is 6.84. The monoisotopic (exact) mass is 269 g/mol. The molecule has 1 unspecified atom stereocenters. The van der Waals surface area contributed by atoms with E-state index in [0.717, 1.165) is 18.0 Å². The van der Waals surface area contributed by atoms with Gasteiger partial charge in [0, 0.05) is 12.2 Å². The molecule has 104 valence electrons. The molecule has 0 spiro atoms. The molecule has 20 heavy (non-hydrogen) atoms. The fourth-order valence-electron chi connectivity index (χ4n) is 2.12. The smallest absolute Gasteiger partial charge is 0.343 e. The van der Waals surface area contributed by atoms with Crippen LogP contribution in [0.4, 0.5) is 0 Å². The van der Waals surface area contributed by atoms with Crippen molar-refractivity contribution in [2.75, 3.05) is 14.2 Å². The molecule has 0 bridgehead atoms. The average molecular weight is 269 g/mol. The van der Waals surface area contributed by atoms with Crippen molar-refractivity contribution in [1.82, 2.24) is 0 Å². The van der Waals surface area contributed by atoms with E-state index in [2.05, 4.69) is 37.3 Å². The number of allylic oxidation sites excluding steroid dienone is 6. The summed E-state index contributed by atoms with van der Waals surface area (Å²) < 4.78 is 10.3. The van der Waals surface area contributed by atoms with Gasteiger partial charge in [0.25, 0.3) is 7.11 Å². The third kappa shape index (κ3) is 3.70. The third-order valence-electron chi connectivity index (χ3n) is 3.51. The summed E-state index contributed by atoms with van der Waals surface area (Å²) in [6.45, 7) is 2.24. The van der Waals surface area contributed by atoms with E-state index in [1.54, 1.807) is 14.2 Å². The standard InChI is InChI=1S/C18H21O2/c1-14(16-8-12-18(20-3)13-9-16)4-5-15-6-10-17(19-2)11-7-15/h5-14H,4H2,1-3H3/q+1. The summed E-state index contributed by atoms with van der Waals surface area (Å²) in [5, 5.41) is 0. The number of ketones is 1. The van der Waals surface area contributed by atoms with E-state index in [1.807, 2.05) is 24.3 Å². The Morgan fingerprint density at radius 1 is 1.10 bits per heavy atom. The van der Waals surface area contributed by atoms with Crippen molar-refractivity contribution in [2.24, 2.45) is 0 Å². The second-order valence-electron chi connectivity index (χ2n) is 4.89. The lowest BCUT2D eigenvalue weighted by Crippen LogP contribution is -1.96. The fourth-order valence-corrected chi connectivity index (χ4v) is 2.12. The molecule has 1 atom stereocenters. The van der Waals surface area contributed by atoms with Gasteiger partial charge in [-0.3, -0.25) is 4.42 Å². The fraction of sp³-hybridized carbons (Fsp3) is 0.278. The minimum absolute atomic E-state index is 0.489. The number of hydrogen-bond acceptors (Lipinski definition) is 1. The van der Waals surface area contributed by atoms with E-state index in [0.29, 0.717) is 5.92 Å². The molecule has 1 aromatic rings. The average Bonchev–Trinajstić information content (AvgIpc) is 2.53. The zero-order valence-corrected chi connectivity index (χ0v) is 12.3.